The van der Waals surface area contributed by atoms with Gasteiger partial charge in [0.25, 0.3) is 0 Å². The van der Waals surface area contributed by atoms with Gasteiger partial charge in [0, 0.05) is 12.1 Å². The molecule has 0 bridgehead atoms. The molecule has 0 aromatic heterocycles. The Morgan fingerprint density at radius 1 is 1.00 bits per heavy atom. The molecule has 0 radical (unpaired) electrons. The van der Waals surface area contributed by atoms with Crippen molar-refractivity contribution in [3.05, 3.63) is 0 Å². The van der Waals surface area contributed by atoms with E-state index < -0.39 is 11.9 Å². The molecule has 18 heavy (non-hydrogen) atoms. The number of nitrogens with two attached hydrogens (primary N) is 1. The third-order valence-corrected chi connectivity index (χ3v) is 4.32. The van der Waals surface area contributed by atoms with E-state index in [1.165, 1.54) is 0 Å². The third-order valence-electron chi connectivity index (χ3n) is 4.32. The highest BCUT2D eigenvalue weighted by Crippen LogP contribution is 2.32. The molecule has 0 aliphatic heterocycles. The molecule has 2 unspecified atom stereocenters. The summed E-state index contributed by atoms with van der Waals surface area (Å²) in [6, 6.07) is 0.0497. The van der Waals surface area contributed by atoms with E-state index in [-0.39, 0.29) is 23.9 Å². The van der Waals surface area contributed by atoms with E-state index in [2.05, 4.69) is 5.32 Å². The second kappa shape index (κ2) is 5.69. The smallest absolute Gasteiger partial charge is 0.307 e. The highest BCUT2D eigenvalue weighted by Gasteiger charge is 2.38. The summed E-state index contributed by atoms with van der Waals surface area (Å²) < 4.78 is 0. The lowest BCUT2D eigenvalue weighted by Gasteiger charge is -2.30. The van der Waals surface area contributed by atoms with Crippen LogP contribution < -0.4 is 11.1 Å². The normalized spacial score (nSPS) is 36.3. The SMILES string of the molecule is NC1CCCCC1NC(=O)[C@@H]1CCC[C@@H]1C(=O)O. The molecule has 5 heteroatoms. The first kappa shape index (κ1) is 13.3. The molecule has 0 spiro atoms. The van der Waals surface area contributed by atoms with Crippen molar-refractivity contribution >= 4 is 11.9 Å². The van der Waals surface area contributed by atoms with Gasteiger partial charge in [-0.3, -0.25) is 9.59 Å². The van der Waals surface area contributed by atoms with Crippen LogP contribution in [-0.4, -0.2) is 29.1 Å². The molecule has 2 fully saturated rings. The summed E-state index contributed by atoms with van der Waals surface area (Å²) in [5.74, 6) is -1.83. The molecule has 0 aromatic carbocycles. The maximum atomic E-state index is 12.1. The molecule has 1 amide bonds. The molecular formula is C13H22N2O3. The first-order valence-electron chi connectivity index (χ1n) is 6.88. The first-order chi connectivity index (χ1) is 8.59. The van der Waals surface area contributed by atoms with Crippen molar-refractivity contribution in [3.63, 3.8) is 0 Å². The van der Waals surface area contributed by atoms with E-state index in [9.17, 15) is 9.59 Å². The molecule has 5 nitrogen and oxygen atoms in total. The number of rotatable bonds is 3. The highest BCUT2D eigenvalue weighted by atomic mass is 16.4. The predicted octanol–water partition coefficient (Wildman–Crippen LogP) is 0.873. The molecular weight excluding hydrogens is 232 g/mol. The van der Waals surface area contributed by atoms with Gasteiger partial charge in [-0.2, -0.15) is 0 Å². The van der Waals surface area contributed by atoms with Crippen LogP contribution in [-0.2, 0) is 9.59 Å². The minimum absolute atomic E-state index is 0.0207. The Hall–Kier alpha value is -1.10. The average molecular weight is 254 g/mol. The fraction of sp³-hybridized carbons (Fsp3) is 0.846. The fourth-order valence-electron chi connectivity index (χ4n) is 3.20. The zero-order valence-electron chi connectivity index (χ0n) is 10.6. The number of hydrogen-bond donors (Lipinski definition) is 3. The van der Waals surface area contributed by atoms with Crippen molar-refractivity contribution in [1.82, 2.24) is 5.32 Å². The molecule has 2 saturated carbocycles. The molecule has 0 heterocycles. The van der Waals surface area contributed by atoms with Crippen LogP contribution >= 0.6 is 0 Å². The van der Waals surface area contributed by atoms with E-state index in [1.54, 1.807) is 0 Å². The Kier molecular flexibility index (Phi) is 4.22. The minimum atomic E-state index is -0.847. The Morgan fingerprint density at radius 2 is 1.67 bits per heavy atom. The lowest BCUT2D eigenvalue weighted by molar-refractivity contribution is -0.146. The quantitative estimate of drug-likeness (QED) is 0.697. The van der Waals surface area contributed by atoms with Crippen LogP contribution in [0.1, 0.15) is 44.9 Å². The van der Waals surface area contributed by atoms with Crippen LogP contribution in [0.5, 0.6) is 0 Å². The van der Waals surface area contributed by atoms with Gasteiger partial charge in [0.1, 0.15) is 0 Å². The Bertz CT molecular complexity index is 332. The van der Waals surface area contributed by atoms with Gasteiger partial charge < -0.3 is 16.2 Å². The van der Waals surface area contributed by atoms with Gasteiger partial charge in [0.05, 0.1) is 11.8 Å². The van der Waals surface area contributed by atoms with Crippen LogP contribution in [0.4, 0.5) is 0 Å². The molecule has 0 saturated heterocycles. The number of carbonyl (C=O) groups excluding carboxylic acids is 1. The van der Waals surface area contributed by atoms with Gasteiger partial charge in [-0.15, -0.1) is 0 Å². The van der Waals surface area contributed by atoms with E-state index >= 15 is 0 Å². The maximum absolute atomic E-state index is 12.1. The zero-order valence-corrected chi connectivity index (χ0v) is 10.6. The lowest BCUT2D eigenvalue weighted by Crippen LogP contribution is -2.51. The zero-order chi connectivity index (χ0) is 13.1. The predicted molar refractivity (Wildman–Crippen MR) is 66.8 cm³/mol. The molecule has 2 rings (SSSR count). The molecule has 4 atom stereocenters. The van der Waals surface area contributed by atoms with Crippen LogP contribution in [0.3, 0.4) is 0 Å². The van der Waals surface area contributed by atoms with Gasteiger partial charge in [0.15, 0.2) is 0 Å². The average Bonchev–Trinajstić information content (AvgIpc) is 2.81. The summed E-state index contributed by atoms with van der Waals surface area (Å²) in [4.78, 5) is 23.2. The summed E-state index contributed by atoms with van der Waals surface area (Å²) >= 11 is 0. The van der Waals surface area contributed by atoms with Gasteiger partial charge in [-0.1, -0.05) is 19.3 Å². The van der Waals surface area contributed by atoms with Crippen molar-refractivity contribution in [2.24, 2.45) is 17.6 Å². The Morgan fingerprint density at radius 3 is 2.33 bits per heavy atom. The van der Waals surface area contributed by atoms with Gasteiger partial charge in [-0.05, 0) is 25.7 Å². The van der Waals surface area contributed by atoms with Crippen molar-refractivity contribution in [2.45, 2.75) is 57.0 Å². The maximum Gasteiger partial charge on any atom is 0.307 e. The van der Waals surface area contributed by atoms with Gasteiger partial charge in [0.2, 0.25) is 5.91 Å². The minimum Gasteiger partial charge on any atom is -0.481 e. The topological polar surface area (TPSA) is 92.4 Å². The van der Waals surface area contributed by atoms with Crippen molar-refractivity contribution in [1.29, 1.82) is 0 Å². The highest BCUT2D eigenvalue weighted by molar-refractivity contribution is 5.85. The summed E-state index contributed by atoms with van der Waals surface area (Å²) in [5, 5.41) is 12.1. The Labute approximate surface area is 107 Å². The van der Waals surface area contributed by atoms with Gasteiger partial charge in [-0.25, -0.2) is 0 Å². The molecule has 4 N–H and O–H groups in total. The monoisotopic (exact) mass is 254 g/mol. The van der Waals surface area contributed by atoms with Crippen molar-refractivity contribution in [2.75, 3.05) is 0 Å². The molecule has 2 aliphatic carbocycles. The number of carboxylic acids is 1. The Balaban J connectivity index is 1.92. The molecule has 102 valence electrons. The van der Waals surface area contributed by atoms with Crippen LogP contribution in [0.15, 0.2) is 0 Å². The van der Waals surface area contributed by atoms with Gasteiger partial charge >= 0.3 is 5.97 Å². The number of nitrogens with one attached hydrogen (secondary N) is 1. The van der Waals surface area contributed by atoms with E-state index in [4.69, 9.17) is 10.8 Å². The molecule has 2 aliphatic rings. The number of carboxylic acid groups (broad SMARTS) is 1. The second-order valence-corrected chi connectivity index (χ2v) is 5.55. The van der Waals surface area contributed by atoms with E-state index in [1.807, 2.05) is 0 Å². The third kappa shape index (κ3) is 2.83. The van der Waals surface area contributed by atoms with Crippen molar-refractivity contribution in [3.8, 4) is 0 Å². The lowest BCUT2D eigenvalue weighted by atomic mass is 9.89. The van der Waals surface area contributed by atoms with E-state index in [0.29, 0.717) is 12.8 Å². The number of aliphatic carboxylic acids is 1. The first-order valence-corrected chi connectivity index (χ1v) is 6.88. The number of hydrogen-bond acceptors (Lipinski definition) is 3. The molecule has 0 aromatic rings. The summed E-state index contributed by atoms with van der Waals surface area (Å²) in [6.45, 7) is 0. The largest absolute Gasteiger partial charge is 0.481 e. The number of amides is 1. The second-order valence-electron chi connectivity index (χ2n) is 5.55. The van der Waals surface area contributed by atoms with Crippen LogP contribution in [0.2, 0.25) is 0 Å². The number of carbonyl (C=O) groups is 2. The summed E-state index contributed by atoms with van der Waals surface area (Å²) in [5.41, 5.74) is 5.99. The van der Waals surface area contributed by atoms with Crippen LogP contribution in [0, 0.1) is 11.8 Å². The summed E-state index contributed by atoms with van der Waals surface area (Å²) in [7, 11) is 0. The van der Waals surface area contributed by atoms with E-state index in [0.717, 1.165) is 32.1 Å². The van der Waals surface area contributed by atoms with Crippen LogP contribution in [0.25, 0.3) is 0 Å². The van der Waals surface area contributed by atoms with Crippen molar-refractivity contribution < 1.29 is 14.7 Å². The summed E-state index contributed by atoms with van der Waals surface area (Å²) in [6.07, 6.45) is 6.19. The standard InChI is InChI=1S/C13H22N2O3/c14-10-6-1-2-7-11(10)15-12(16)8-4-3-5-9(8)13(17)18/h8-11H,1-7,14H2,(H,15,16)(H,17,18)/t8-,9+,10?,11?/m1/s1. The fourth-order valence-corrected chi connectivity index (χ4v) is 3.20.